The van der Waals surface area contributed by atoms with Crippen molar-refractivity contribution in [1.29, 1.82) is 0 Å². The zero-order valence-corrected chi connectivity index (χ0v) is 13.4. The van der Waals surface area contributed by atoms with Gasteiger partial charge in [0.1, 0.15) is 0 Å². The first-order valence-electron chi connectivity index (χ1n) is 7.31. The van der Waals surface area contributed by atoms with Gasteiger partial charge >= 0.3 is 0 Å². The molecule has 0 bridgehead atoms. The molecule has 1 aliphatic rings. The molecule has 2 aromatic rings. The third-order valence-electron chi connectivity index (χ3n) is 3.99. The second-order valence-corrected chi connectivity index (χ2v) is 6.35. The number of carbonyl (C=O) groups excluding carboxylic acids is 1. The van der Waals surface area contributed by atoms with Crippen molar-refractivity contribution >= 4 is 21.8 Å². The highest BCUT2D eigenvalue weighted by Gasteiger charge is 2.26. The molecule has 0 spiro atoms. The molecule has 1 saturated carbocycles. The lowest BCUT2D eigenvalue weighted by molar-refractivity contribution is 0.0646. The number of hydrogen-bond donors (Lipinski definition) is 0. The molecule has 0 atom stereocenters. The number of rotatable bonds is 5. The summed E-state index contributed by atoms with van der Waals surface area (Å²) < 4.78 is 6.01. The van der Waals surface area contributed by atoms with Crippen LogP contribution in [0.1, 0.15) is 35.4 Å². The summed E-state index contributed by atoms with van der Waals surface area (Å²) in [6, 6.07) is 13.6. The molecular formula is C17H18BrNO2. The molecule has 0 unspecified atom stereocenters. The van der Waals surface area contributed by atoms with Crippen LogP contribution in [-0.4, -0.2) is 17.4 Å². The van der Waals surface area contributed by atoms with E-state index in [0.717, 1.165) is 12.1 Å². The Morgan fingerprint density at radius 1 is 1.19 bits per heavy atom. The summed E-state index contributed by atoms with van der Waals surface area (Å²) in [4.78, 5) is 14.6. The van der Waals surface area contributed by atoms with Crippen molar-refractivity contribution in [2.75, 3.05) is 6.54 Å². The normalized spacial score (nSPS) is 14.7. The van der Waals surface area contributed by atoms with E-state index in [0.29, 0.717) is 22.9 Å². The van der Waals surface area contributed by atoms with E-state index in [4.69, 9.17) is 4.42 Å². The van der Waals surface area contributed by atoms with Crippen molar-refractivity contribution in [2.45, 2.75) is 25.8 Å². The number of amides is 1. The average molecular weight is 348 g/mol. The van der Waals surface area contributed by atoms with Gasteiger partial charge in [-0.3, -0.25) is 4.79 Å². The molecule has 21 heavy (non-hydrogen) atoms. The van der Waals surface area contributed by atoms with Crippen molar-refractivity contribution in [2.24, 2.45) is 5.92 Å². The van der Waals surface area contributed by atoms with Gasteiger partial charge in [0.15, 0.2) is 10.4 Å². The maximum atomic E-state index is 12.6. The van der Waals surface area contributed by atoms with Crippen LogP contribution < -0.4 is 0 Å². The van der Waals surface area contributed by atoms with Gasteiger partial charge in [-0.1, -0.05) is 36.8 Å². The van der Waals surface area contributed by atoms with E-state index in [1.54, 1.807) is 12.1 Å². The Balaban J connectivity index is 1.76. The molecule has 1 aliphatic carbocycles. The molecule has 1 heterocycles. The Morgan fingerprint density at radius 3 is 2.52 bits per heavy atom. The molecule has 3 rings (SSSR count). The molecule has 0 aliphatic heterocycles. The Hall–Kier alpha value is -1.55. The van der Waals surface area contributed by atoms with E-state index in [1.165, 1.54) is 19.3 Å². The molecule has 1 amide bonds. The number of hydrogen-bond acceptors (Lipinski definition) is 2. The third-order valence-corrected chi connectivity index (χ3v) is 4.42. The zero-order valence-electron chi connectivity index (χ0n) is 11.8. The SMILES string of the molecule is O=C(c1ccc(Br)o1)N(Cc1ccccc1)CC1CCC1. The van der Waals surface area contributed by atoms with Gasteiger partial charge in [0.25, 0.3) is 5.91 Å². The molecular weight excluding hydrogens is 330 g/mol. The van der Waals surface area contributed by atoms with Gasteiger partial charge < -0.3 is 9.32 Å². The maximum absolute atomic E-state index is 12.6. The molecule has 0 saturated heterocycles. The second-order valence-electron chi connectivity index (χ2n) is 5.57. The number of furan rings is 1. The monoisotopic (exact) mass is 347 g/mol. The summed E-state index contributed by atoms with van der Waals surface area (Å²) in [5.41, 5.74) is 1.15. The predicted molar refractivity (Wildman–Crippen MR) is 84.9 cm³/mol. The number of halogens is 1. The van der Waals surface area contributed by atoms with Crippen LogP contribution in [0.3, 0.4) is 0 Å². The van der Waals surface area contributed by atoms with Gasteiger partial charge in [0, 0.05) is 13.1 Å². The quantitative estimate of drug-likeness (QED) is 0.798. The van der Waals surface area contributed by atoms with Gasteiger partial charge in [-0.15, -0.1) is 0 Å². The van der Waals surface area contributed by atoms with Crippen molar-refractivity contribution in [3.05, 3.63) is 58.5 Å². The van der Waals surface area contributed by atoms with Crippen LogP contribution in [-0.2, 0) is 6.54 Å². The summed E-state index contributed by atoms with van der Waals surface area (Å²) >= 11 is 3.25. The van der Waals surface area contributed by atoms with E-state index in [2.05, 4.69) is 28.1 Å². The van der Waals surface area contributed by atoms with Crippen LogP contribution in [0.2, 0.25) is 0 Å². The number of carbonyl (C=O) groups is 1. The van der Waals surface area contributed by atoms with E-state index in [9.17, 15) is 4.79 Å². The third kappa shape index (κ3) is 3.56. The first-order valence-corrected chi connectivity index (χ1v) is 8.10. The zero-order chi connectivity index (χ0) is 14.7. The minimum Gasteiger partial charge on any atom is -0.444 e. The fraction of sp³-hybridized carbons (Fsp3) is 0.353. The minimum atomic E-state index is -0.0311. The van der Waals surface area contributed by atoms with E-state index in [1.807, 2.05) is 23.1 Å². The first-order chi connectivity index (χ1) is 10.2. The fourth-order valence-electron chi connectivity index (χ4n) is 2.60. The molecule has 110 valence electrons. The Kier molecular flexibility index (Phi) is 4.44. The summed E-state index contributed by atoms with van der Waals surface area (Å²) in [6.07, 6.45) is 3.73. The smallest absolute Gasteiger partial charge is 0.289 e. The Bertz CT molecular complexity index is 604. The van der Waals surface area contributed by atoms with Gasteiger partial charge in [-0.2, -0.15) is 0 Å². The van der Waals surface area contributed by atoms with Gasteiger partial charge in [-0.05, 0) is 52.4 Å². The highest BCUT2D eigenvalue weighted by molar-refractivity contribution is 9.10. The van der Waals surface area contributed by atoms with Crippen molar-refractivity contribution < 1.29 is 9.21 Å². The van der Waals surface area contributed by atoms with Crippen LogP contribution in [0, 0.1) is 5.92 Å². The molecule has 3 nitrogen and oxygen atoms in total. The fourth-order valence-corrected chi connectivity index (χ4v) is 2.90. The standard InChI is InChI=1S/C17H18BrNO2/c18-16-10-9-15(21-16)17(20)19(12-14-7-4-8-14)11-13-5-2-1-3-6-13/h1-3,5-6,9-10,14H,4,7-8,11-12H2. The van der Waals surface area contributed by atoms with Gasteiger partial charge in [0.05, 0.1) is 0 Å². The van der Waals surface area contributed by atoms with Gasteiger partial charge in [-0.25, -0.2) is 0 Å². The number of benzene rings is 1. The Labute approximate surface area is 133 Å². The lowest BCUT2D eigenvalue weighted by Gasteiger charge is -2.32. The number of nitrogens with zero attached hydrogens (tertiary/aromatic N) is 1. The molecule has 4 heteroatoms. The Morgan fingerprint density at radius 2 is 1.95 bits per heavy atom. The topological polar surface area (TPSA) is 33.5 Å². The predicted octanol–water partition coefficient (Wildman–Crippen LogP) is 4.48. The highest BCUT2D eigenvalue weighted by atomic mass is 79.9. The van der Waals surface area contributed by atoms with Crippen LogP contribution in [0.4, 0.5) is 0 Å². The molecule has 1 aromatic carbocycles. The lowest BCUT2D eigenvalue weighted by Crippen LogP contribution is -2.36. The van der Waals surface area contributed by atoms with E-state index in [-0.39, 0.29) is 5.91 Å². The highest BCUT2D eigenvalue weighted by Crippen LogP contribution is 2.28. The van der Waals surface area contributed by atoms with Crippen molar-refractivity contribution in [3.8, 4) is 0 Å². The molecule has 0 N–H and O–H groups in total. The summed E-state index contributed by atoms with van der Waals surface area (Å²) in [7, 11) is 0. The molecule has 1 aromatic heterocycles. The van der Waals surface area contributed by atoms with E-state index < -0.39 is 0 Å². The maximum Gasteiger partial charge on any atom is 0.289 e. The minimum absolute atomic E-state index is 0.0311. The van der Waals surface area contributed by atoms with Gasteiger partial charge in [0.2, 0.25) is 0 Å². The van der Waals surface area contributed by atoms with Crippen LogP contribution >= 0.6 is 15.9 Å². The van der Waals surface area contributed by atoms with Crippen molar-refractivity contribution in [1.82, 2.24) is 4.90 Å². The van der Waals surface area contributed by atoms with Crippen LogP contribution in [0.15, 0.2) is 51.6 Å². The lowest BCUT2D eigenvalue weighted by atomic mass is 9.85. The van der Waals surface area contributed by atoms with E-state index >= 15 is 0 Å². The molecule has 1 fully saturated rings. The van der Waals surface area contributed by atoms with Crippen molar-refractivity contribution in [3.63, 3.8) is 0 Å². The summed E-state index contributed by atoms with van der Waals surface area (Å²) in [5, 5.41) is 0. The van der Waals surface area contributed by atoms with Crippen LogP contribution in [0.25, 0.3) is 0 Å². The largest absolute Gasteiger partial charge is 0.444 e. The first kappa shape index (κ1) is 14.4. The summed E-state index contributed by atoms with van der Waals surface area (Å²) in [5.74, 6) is 1.00. The van der Waals surface area contributed by atoms with Crippen LogP contribution in [0.5, 0.6) is 0 Å². The summed E-state index contributed by atoms with van der Waals surface area (Å²) in [6.45, 7) is 1.44. The second kappa shape index (κ2) is 6.48. The molecule has 0 radical (unpaired) electrons. The average Bonchev–Trinajstić information content (AvgIpc) is 2.88.